The smallest absolute Gasteiger partial charge is 0.407 e. The van der Waals surface area contributed by atoms with E-state index < -0.39 is 35.1 Å². The summed E-state index contributed by atoms with van der Waals surface area (Å²) >= 11 is 0. The van der Waals surface area contributed by atoms with E-state index in [-0.39, 0.29) is 12.5 Å². The summed E-state index contributed by atoms with van der Waals surface area (Å²) < 4.78 is 10.7. The van der Waals surface area contributed by atoms with Crippen LogP contribution in [0.4, 0.5) is 4.79 Å². The molecular formula is C25H28NO6-. The van der Waals surface area contributed by atoms with Gasteiger partial charge >= 0.3 is 12.1 Å². The predicted octanol–water partition coefficient (Wildman–Crippen LogP) is 3.01. The van der Waals surface area contributed by atoms with Crippen LogP contribution in [0.2, 0.25) is 0 Å². The van der Waals surface area contributed by atoms with Crippen molar-refractivity contribution in [3.8, 4) is 11.1 Å². The lowest BCUT2D eigenvalue weighted by molar-refractivity contribution is -0.311. The predicted molar refractivity (Wildman–Crippen MR) is 117 cm³/mol. The molecule has 0 saturated carbocycles. The van der Waals surface area contributed by atoms with Gasteiger partial charge in [0.25, 0.3) is 0 Å². The Morgan fingerprint density at radius 3 is 1.91 bits per heavy atom. The van der Waals surface area contributed by atoms with Gasteiger partial charge in [0.05, 0.1) is 17.4 Å². The van der Waals surface area contributed by atoms with Crippen LogP contribution in [0.3, 0.4) is 0 Å². The molecule has 1 atom stereocenters. The first-order valence-electron chi connectivity index (χ1n) is 10.5. The molecule has 3 rings (SSSR count). The maximum atomic E-state index is 12.5. The maximum Gasteiger partial charge on any atom is 0.407 e. The van der Waals surface area contributed by atoms with E-state index in [4.69, 9.17) is 9.47 Å². The Kier molecular flexibility index (Phi) is 6.30. The molecule has 0 radical (unpaired) electrons. The number of aliphatic carboxylic acids is 1. The fourth-order valence-electron chi connectivity index (χ4n) is 3.82. The van der Waals surface area contributed by atoms with Crippen molar-refractivity contribution in [3.63, 3.8) is 0 Å². The first-order valence-corrected chi connectivity index (χ1v) is 10.5. The molecule has 0 aromatic heterocycles. The summed E-state index contributed by atoms with van der Waals surface area (Å²) in [5.74, 6) is -2.54. The van der Waals surface area contributed by atoms with Crippen LogP contribution in [-0.2, 0) is 19.1 Å². The second-order valence-corrected chi connectivity index (χ2v) is 9.45. The van der Waals surface area contributed by atoms with Crippen LogP contribution in [0, 0.1) is 5.41 Å². The zero-order chi connectivity index (χ0) is 23.7. The van der Waals surface area contributed by atoms with Gasteiger partial charge in [0.15, 0.2) is 0 Å². The molecule has 0 bridgehead atoms. The minimum atomic E-state index is -1.63. The Morgan fingerprint density at radius 1 is 0.938 bits per heavy atom. The van der Waals surface area contributed by atoms with Crippen molar-refractivity contribution < 1.29 is 29.0 Å². The van der Waals surface area contributed by atoms with E-state index in [0.29, 0.717) is 0 Å². The second-order valence-electron chi connectivity index (χ2n) is 9.45. The van der Waals surface area contributed by atoms with Crippen molar-refractivity contribution in [2.75, 3.05) is 6.61 Å². The van der Waals surface area contributed by atoms with Crippen molar-refractivity contribution in [1.29, 1.82) is 0 Å². The number of ether oxygens (including phenoxy) is 2. The Morgan fingerprint density at radius 2 is 1.44 bits per heavy atom. The van der Waals surface area contributed by atoms with Crippen molar-refractivity contribution in [1.82, 2.24) is 5.32 Å². The lowest BCUT2D eigenvalue weighted by atomic mass is 9.84. The van der Waals surface area contributed by atoms with Gasteiger partial charge in [-0.15, -0.1) is 0 Å². The highest BCUT2D eigenvalue weighted by Crippen LogP contribution is 2.44. The van der Waals surface area contributed by atoms with Crippen molar-refractivity contribution in [2.24, 2.45) is 5.41 Å². The third kappa shape index (κ3) is 4.77. The number of esters is 1. The second kappa shape index (κ2) is 8.65. The number of carboxylic acids is 1. The maximum absolute atomic E-state index is 12.5. The molecule has 0 spiro atoms. The number of amides is 1. The SMILES string of the molecule is CC(C)(C)OC(=O)C(C)(C)[C@H](NC(=O)OCC1c2ccccc2-c2ccccc21)C(=O)[O-]. The standard InChI is InChI=1S/C25H29NO6/c1-24(2,3)32-22(29)25(4,5)20(21(27)28)26-23(30)31-14-19-17-12-8-6-10-15(17)16-11-7-9-13-18(16)19/h6-13,19-20H,14H2,1-5H3,(H,26,30)(H,27,28)/p-1/t20-/m1/s1. The van der Waals surface area contributed by atoms with E-state index in [1.54, 1.807) is 20.8 Å². The van der Waals surface area contributed by atoms with E-state index in [0.717, 1.165) is 22.3 Å². The highest BCUT2D eigenvalue weighted by molar-refractivity contribution is 5.88. The van der Waals surface area contributed by atoms with Gasteiger partial charge in [-0.3, -0.25) is 4.79 Å². The fraction of sp³-hybridized carbons (Fsp3) is 0.400. The van der Waals surface area contributed by atoms with Gasteiger partial charge in [0, 0.05) is 5.92 Å². The molecular weight excluding hydrogens is 410 g/mol. The van der Waals surface area contributed by atoms with E-state index in [1.807, 2.05) is 48.5 Å². The molecule has 1 aliphatic rings. The van der Waals surface area contributed by atoms with E-state index >= 15 is 0 Å². The number of carboxylic acid groups (broad SMARTS) is 1. The van der Waals surface area contributed by atoms with Gasteiger partial charge in [0.1, 0.15) is 12.2 Å². The number of hydrogen-bond acceptors (Lipinski definition) is 6. The quantitative estimate of drug-likeness (QED) is 0.695. The van der Waals surface area contributed by atoms with Crippen LogP contribution in [-0.4, -0.2) is 36.3 Å². The molecule has 0 fully saturated rings. The number of rotatable bonds is 6. The fourth-order valence-corrected chi connectivity index (χ4v) is 3.82. The normalized spacial score (nSPS) is 14.2. The Balaban J connectivity index is 1.72. The molecule has 2 aromatic carbocycles. The summed E-state index contributed by atoms with van der Waals surface area (Å²) in [6.07, 6.45) is -0.947. The molecule has 7 heteroatoms. The van der Waals surface area contributed by atoms with Crippen LogP contribution < -0.4 is 10.4 Å². The molecule has 7 nitrogen and oxygen atoms in total. The molecule has 0 unspecified atom stereocenters. The monoisotopic (exact) mass is 438 g/mol. The molecule has 1 aliphatic carbocycles. The van der Waals surface area contributed by atoms with Gasteiger partial charge in [-0.05, 0) is 56.9 Å². The number of fused-ring (bicyclic) bond motifs is 3. The lowest BCUT2D eigenvalue weighted by Gasteiger charge is -2.35. The van der Waals surface area contributed by atoms with Crippen LogP contribution in [0.15, 0.2) is 48.5 Å². The summed E-state index contributed by atoms with van der Waals surface area (Å²) in [4.78, 5) is 36.8. The number of nitrogens with one attached hydrogen (secondary N) is 1. The molecule has 0 saturated heterocycles. The first kappa shape index (κ1) is 23.3. The van der Waals surface area contributed by atoms with Gasteiger partial charge in [-0.25, -0.2) is 4.79 Å². The summed E-state index contributed by atoms with van der Waals surface area (Å²) in [5, 5.41) is 14.0. The highest BCUT2D eigenvalue weighted by atomic mass is 16.6. The topological polar surface area (TPSA) is 105 Å². The number of carbonyl (C=O) groups excluding carboxylic acids is 3. The minimum Gasteiger partial charge on any atom is -0.548 e. The lowest BCUT2D eigenvalue weighted by Crippen LogP contribution is -2.59. The van der Waals surface area contributed by atoms with Crippen LogP contribution in [0.5, 0.6) is 0 Å². The number of hydrogen-bond donors (Lipinski definition) is 1. The zero-order valence-electron chi connectivity index (χ0n) is 18.9. The molecule has 170 valence electrons. The summed E-state index contributed by atoms with van der Waals surface area (Å²) in [6.45, 7) is 7.80. The molecule has 1 N–H and O–H groups in total. The van der Waals surface area contributed by atoms with E-state index in [1.165, 1.54) is 13.8 Å². The minimum absolute atomic E-state index is 0.0203. The van der Waals surface area contributed by atoms with Gasteiger partial charge in [-0.2, -0.15) is 0 Å². The Labute approximate surface area is 187 Å². The van der Waals surface area contributed by atoms with Crippen LogP contribution >= 0.6 is 0 Å². The molecule has 1 amide bonds. The van der Waals surface area contributed by atoms with E-state index in [2.05, 4.69) is 5.32 Å². The van der Waals surface area contributed by atoms with Gasteiger partial charge in [-0.1, -0.05) is 48.5 Å². The van der Waals surface area contributed by atoms with E-state index in [9.17, 15) is 19.5 Å². The summed E-state index contributed by atoms with van der Waals surface area (Å²) in [5.41, 5.74) is 1.84. The zero-order valence-corrected chi connectivity index (χ0v) is 18.9. The Bertz CT molecular complexity index is 991. The first-order chi connectivity index (χ1) is 14.9. The largest absolute Gasteiger partial charge is 0.548 e. The third-order valence-electron chi connectivity index (χ3n) is 5.49. The molecule has 32 heavy (non-hydrogen) atoms. The third-order valence-corrected chi connectivity index (χ3v) is 5.49. The molecule has 0 heterocycles. The number of carbonyl (C=O) groups is 3. The van der Waals surface area contributed by atoms with Gasteiger partial charge in [0.2, 0.25) is 0 Å². The molecule has 0 aliphatic heterocycles. The van der Waals surface area contributed by atoms with Gasteiger partial charge < -0.3 is 24.7 Å². The average molecular weight is 439 g/mol. The average Bonchev–Trinajstić information content (AvgIpc) is 3.02. The van der Waals surface area contributed by atoms with Crippen LogP contribution in [0.1, 0.15) is 51.7 Å². The summed E-state index contributed by atoms with van der Waals surface area (Å²) in [7, 11) is 0. The van der Waals surface area contributed by atoms with Crippen molar-refractivity contribution >= 4 is 18.0 Å². The number of benzene rings is 2. The van der Waals surface area contributed by atoms with Crippen molar-refractivity contribution in [3.05, 3.63) is 59.7 Å². The van der Waals surface area contributed by atoms with Crippen LogP contribution in [0.25, 0.3) is 11.1 Å². The number of alkyl carbamates (subject to hydrolysis) is 1. The van der Waals surface area contributed by atoms with Crippen molar-refractivity contribution in [2.45, 2.75) is 52.2 Å². The molecule has 2 aromatic rings. The summed E-state index contributed by atoms with van der Waals surface area (Å²) in [6, 6.07) is 14.1. The Hall–Kier alpha value is -3.35. The highest BCUT2D eigenvalue weighted by Gasteiger charge is 2.42.